The second-order valence-electron chi connectivity index (χ2n) is 5.26. The van der Waals surface area contributed by atoms with Gasteiger partial charge in [0.2, 0.25) is 0 Å². The molecule has 0 aromatic heterocycles. The molecular formula is C17H14F3NO2. The quantitative estimate of drug-likeness (QED) is 0.849. The van der Waals surface area contributed by atoms with Crippen molar-refractivity contribution in [3.05, 3.63) is 71.0 Å². The summed E-state index contributed by atoms with van der Waals surface area (Å²) in [7, 11) is 0. The van der Waals surface area contributed by atoms with Crippen LogP contribution in [0.15, 0.2) is 42.5 Å². The molecule has 1 aliphatic heterocycles. The fraction of sp³-hybridized carbons (Fsp3) is 0.235. The topological polar surface area (TPSA) is 29.5 Å². The van der Waals surface area contributed by atoms with Gasteiger partial charge in [0.15, 0.2) is 11.6 Å². The van der Waals surface area contributed by atoms with Crippen LogP contribution in [0.25, 0.3) is 0 Å². The Morgan fingerprint density at radius 3 is 2.57 bits per heavy atom. The van der Waals surface area contributed by atoms with E-state index in [1.807, 2.05) is 0 Å². The molecule has 1 saturated heterocycles. The zero-order valence-corrected chi connectivity index (χ0v) is 12.1. The van der Waals surface area contributed by atoms with E-state index < -0.39 is 23.6 Å². The minimum atomic E-state index is -1.15. The highest BCUT2D eigenvalue weighted by Gasteiger charge is 2.28. The minimum absolute atomic E-state index is 0.195. The van der Waals surface area contributed by atoms with Crippen LogP contribution in [0.2, 0.25) is 0 Å². The largest absolute Gasteiger partial charge is 0.370 e. The predicted octanol–water partition coefficient (Wildman–Crippen LogP) is 3.32. The molecule has 2 aromatic rings. The van der Waals surface area contributed by atoms with Crippen LogP contribution in [-0.4, -0.2) is 30.5 Å². The molecule has 1 fully saturated rings. The van der Waals surface area contributed by atoms with Gasteiger partial charge in [-0.25, -0.2) is 13.2 Å². The van der Waals surface area contributed by atoms with Crippen molar-refractivity contribution >= 4 is 5.91 Å². The first-order valence-electron chi connectivity index (χ1n) is 7.16. The fourth-order valence-electron chi connectivity index (χ4n) is 2.55. The lowest BCUT2D eigenvalue weighted by Crippen LogP contribution is -2.42. The summed E-state index contributed by atoms with van der Waals surface area (Å²) in [5.41, 5.74) is 0.424. The third kappa shape index (κ3) is 3.22. The van der Waals surface area contributed by atoms with Gasteiger partial charge in [0, 0.05) is 6.54 Å². The lowest BCUT2D eigenvalue weighted by atomic mass is 10.1. The number of nitrogens with zero attached hydrogens (tertiary/aromatic N) is 1. The van der Waals surface area contributed by atoms with Crippen molar-refractivity contribution in [1.29, 1.82) is 0 Å². The van der Waals surface area contributed by atoms with Crippen LogP contribution in [0.1, 0.15) is 22.0 Å². The highest BCUT2D eigenvalue weighted by atomic mass is 19.2. The minimum Gasteiger partial charge on any atom is -0.370 e. The van der Waals surface area contributed by atoms with Crippen LogP contribution < -0.4 is 0 Å². The maximum Gasteiger partial charge on any atom is 0.257 e. The van der Waals surface area contributed by atoms with Crippen LogP contribution in [-0.2, 0) is 4.74 Å². The van der Waals surface area contributed by atoms with E-state index in [-0.39, 0.29) is 31.1 Å². The van der Waals surface area contributed by atoms with Crippen LogP contribution in [0, 0.1) is 17.5 Å². The molecule has 0 aliphatic carbocycles. The Kier molecular flexibility index (Phi) is 4.34. The summed E-state index contributed by atoms with van der Waals surface area (Å²) in [5, 5.41) is 0. The molecule has 3 nitrogen and oxygen atoms in total. The van der Waals surface area contributed by atoms with E-state index >= 15 is 0 Å². The molecule has 6 heteroatoms. The Morgan fingerprint density at radius 2 is 1.83 bits per heavy atom. The average molecular weight is 321 g/mol. The summed E-state index contributed by atoms with van der Waals surface area (Å²) in [6, 6.07) is 9.30. The normalized spacial score (nSPS) is 18.0. The molecule has 1 heterocycles. The SMILES string of the molecule is O=C(c1cccc(F)c1F)N1CCO[C@H](c2ccc(F)cc2)C1. The van der Waals surface area contributed by atoms with Crippen LogP contribution in [0.3, 0.4) is 0 Å². The van der Waals surface area contributed by atoms with Crippen LogP contribution in [0.4, 0.5) is 13.2 Å². The van der Waals surface area contributed by atoms with Crippen molar-refractivity contribution in [1.82, 2.24) is 4.90 Å². The van der Waals surface area contributed by atoms with Crippen molar-refractivity contribution < 1.29 is 22.7 Å². The number of halogens is 3. The number of rotatable bonds is 2. The van der Waals surface area contributed by atoms with Crippen LogP contribution in [0.5, 0.6) is 0 Å². The number of amides is 1. The number of ether oxygens (including phenoxy) is 1. The Hall–Kier alpha value is -2.34. The van der Waals surface area contributed by atoms with Crippen LogP contribution >= 0.6 is 0 Å². The van der Waals surface area contributed by atoms with E-state index in [1.165, 1.54) is 29.2 Å². The monoisotopic (exact) mass is 321 g/mol. The van der Waals surface area contributed by atoms with E-state index in [9.17, 15) is 18.0 Å². The summed E-state index contributed by atoms with van der Waals surface area (Å²) in [6.07, 6.45) is -0.426. The third-order valence-corrected chi connectivity index (χ3v) is 3.78. The molecule has 0 bridgehead atoms. The zero-order valence-electron chi connectivity index (χ0n) is 12.1. The summed E-state index contributed by atoms with van der Waals surface area (Å²) >= 11 is 0. The van der Waals surface area contributed by atoms with Gasteiger partial charge in [0.05, 0.1) is 18.7 Å². The number of carbonyl (C=O) groups excluding carboxylic acids is 1. The molecule has 0 unspecified atom stereocenters. The summed E-state index contributed by atoms with van der Waals surface area (Å²) in [4.78, 5) is 13.8. The highest BCUT2D eigenvalue weighted by molar-refractivity contribution is 5.94. The number of carbonyl (C=O) groups is 1. The summed E-state index contributed by atoms with van der Waals surface area (Å²) < 4.78 is 45.6. The van der Waals surface area contributed by atoms with E-state index in [0.29, 0.717) is 0 Å². The molecule has 1 aliphatic rings. The van der Waals surface area contributed by atoms with E-state index in [4.69, 9.17) is 4.74 Å². The van der Waals surface area contributed by atoms with Gasteiger partial charge >= 0.3 is 0 Å². The molecule has 0 N–H and O–H groups in total. The summed E-state index contributed by atoms with van der Waals surface area (Å²) in [5.74, 6) is -3.15. The number of hydrogen-bond donors (Lipinski definition) is 0. The van der Waals surface area contributed by atoms with Crippen molar-refractivity contribution in [3.8, 4) is 0 Å². The van der Waals surface area contributed by atoms with E-state index in [1.54, 1.807) is 12.1 Å². The van der Waals surface area contributed by atoms with Gasteiger partial charge in [0.1, 0.15) is 11.9 Å². The zero-order chi connectivity index (χ0) is 16.4. The molecule has 1 amide bonds. The molecule has 2 aromatic carbocycles. The molecular weight excluding hydrogens is 307 g/mol. The van der Waals surface area contributed by atoms with Gasteiger partial charge in [-0.2, -0.15) is 0 Å². The number of hydrogen-bond acceptors (Lipinski definition) is 2. The fourth-order valence-corrected chi connectivity index (χ4v) is 2.55. The lowest BCUT2D eigenvalue weighted by molar-refractivity contribution is -0.0230. The molecule has 3 rings (SSSR count). The summed E-state index contributed by atoms with van der Waals surface area (Å²) in [6.45, 7) is 0.748. The Bertz CT molecular complexity index is 718. The van der Waals surface area contributed by atoms with Gasteiger partial charge in [-0.15, -0.1) is 0 Å². The molecule has 1 atom stereocenters. The van der Waals surface area contributed by atoms with E-state index in [2.05, 4.69) is 0 Å². The molecule has 120 valence electrons. The average Bonchev–Trinajstić information content (AvgIpc) is 2.57. The Morgan fingerprint density at radius 1 is 1.09 bits per heavy atom. The van der Waals surface area contributed by atoms with Gasteiger partial charge in [0.25, 0.3) is 5.91 Å². The first-order chi connectivity index (χ1) is 11.1. The van der Waals surface area contributed by atoms with Crippen molar-refractivity contribution in [2.45, 2.75) is 6.10 Å². The molecule has 0 spiro atoms. The first kappa shape index (κ1) is 15.6. The Labute approximate surface area is 131 Å². The van der Waals surface area contributed by atoms with Crippen molar-refractivity contribution in [3.63, 3.8) is 0 Å². The number of morpholine rings is 1. The standard InChI is InChI=1S/C17H14F3NO2/c18-12-6-4-11(5-7-12)15-10-21(8-9-23-15)17(22)13-2-1-3-14(19)16(13)20/h1-7,15H,8-10H2/t15-/m0/s1. The smallest absolute Gasteiger partial charge is 0.257 e. The van der Waals surface area contributed by atoms with Gasteiger partial charge < -0.3 is 9.64 Å². The second-order valence-corrected chi connectivity index (χ2v) is 5.26. The lowest BCUT2D eigenvalue weighted by Gasteiger charge is -2.33. The molecule has 0 saturated carbocycles. The van der Waals surface area contributed by atoms with Crippen molar-refractivity contribution in [2.75, 3.05) is 19.7 Å². The highest BCUT2D eigenvalue weighted by Crippen LogP contribution is 2.24. The first-order valence-corrected chi connectivity index (χ1v) is 7.16. The van der Waals surface area contributed by atoms with Gasteiger partial charge in [-0.1, -0.05) is 18.2 Å². The van der Waals surface area contributed by atoms with Crippen molar-refractivity contribution in [2.24, 2.45) is 0 Å². The van der Waals surface area contributed by atoms with Gasteiger partial charge in [-0.3, -0.25) is 4.79 Å². The third-order valence-electron chi connectivity index (χ3n) is 3.78. The maximum absolute atomic E-state index is 13.8. The van der Waals surface area contributed by atoms with Gasteiger partial charge in [-0.05, 0) is 29.8 Å². The number of benzene rings is 2. The predicted molar refractivity (Wildman–Crippen MR) is 77.4 cm³/mol. The molecule has 23 heavy (non-hydrogen) atoms. The second kappa shape index (κ2) is 6.42. The maximum atomic E-state index is 13.8. The van der Waals surface area contributed by atoms with E-state index in [0.717, 1.165) is 11.6 Å². The molecule has 0 radical (unpaired) electrons. The Balaban J connectivity index is 1.79.